The molecule has 2 aromatic carbocycles. The van der Waals surface area contributed by atoms with Gasteiger partial charge in [-0.3, -0.25) is 4.79 Å². The standard InChI is InChI=1S/C16H14FN3O/c1-20(10-12-5-2-4-11(8-12)9-18)16(21)13-6-3-7-14(17)15(13)19/h2-8H,10,19H2,1H3. The highest BCUT2D eigenvalue weighted by Gasteiger charge is 2.16. The van der Waals surface area contributed by atoms with Crippen LogP contribution in [0.15, 0.2) is 42.5 Å². The van der Waals surface area contributed by atoms with Crippen molar-refractivity contribution in [3.8, 4) is 6.07 Å². The number of nitrogen functional groups attached to an aromatic ring is 1. The molecular formula is C16H14FN3O. The van der Waals surface area contributed by atoms with Crippen molar-refractivity contribution < 1.29 is 9.18 Å². The van der Waals surface area contributed by atoms with Crippen molar-refractivity contribution in [2.45, 2.75) is 6.54 Å². The van der Waals surface area contributed by atoms with Crippen molar-refractivity contribution in [3.63, 3.8) is 0 Å². The van der Waals surface area contributed by atoms with Gasteiger partial charge >= 0.3 is 0 Å². The zero-order valence-electron chi connectivity index (χ0n) is 11.5. The van der Waals surface area contributed by atoms with Gasteiger partial charge < -0.3 is 10.6 Å². The number of benzene rings is 2. The number of hydrogen-bond donors (Lipinski definition) is 1. The van der Waals surface area contributed by atoms with E-state index in [4.69, 9.17) is 11.0 Å². The van der Waals surface area contributed by atoms with E-state index in [1.54, 1.807) is 25.2 Å². The predicted molar refractivity (Wildman–Crippen MR) is 77.8 cm³/mol. The smallest absolute Gasteiger partial charge is 0.256 e. The summed E-state index contributed by atoms with van der Waals surface area (Å²) in [6.45, 7) is 0.310. The molecule has 0 aromatic heterocycles. The minimum absolute atomic E-state index is 0.133. The first kappa shape index (κ1) is 14.5. The molecule has 2 aromatic rings. The van der Waals surface area contributed by atoms with Crippen molar-refractivity contribution in [2.24, 2.45) is 0 Å². The maximum Gasteiger partial charge on any atom is 0.256 e. The number of carbonyl (C=O) groups excluding carboxylic acids is 1. The van der Waals surface area contributed by atoms with Crippen LogP contribution in [0.25, 0.3) is 0 Å². The monoisotopic (exact) mass is 283 g/mol. The summed E-state index contributed by atoms with van der Waals surface area (Å²) in [6.07, 6.45) is 0. The largest absolute Gasteiger partial charge is 0.396 e. The molecular weight excluding hydrogens is 269 g/mol. The summed E-state index contributed by atoms with van der Waals surface area (Å²) in [7, 11) is 1.60. The molecule has 0 atom stereocenters. The Bertz CT molecular complexity index is 722. The molecule has 21 heavy (non-hydrogen) atoms. The molecule has 5 heteroatoms. The normalized spacial score (nSPS) is 9.95. The van der Waals surface area contributed by atoms with E-state index >= 15 is 0 Å². The van der Waals surface area contributed by atoms with Crippen LogP contribution >= 0.6 is 0 Å². The van der Waals surface area contributed by atoms with Gasteiger partial charge in [-0.2, -0.15) is 5.26 Å². The Hall–Kier alpha value is -2.87. The van der Waals surface area contributed by atoms with E-state index in [-0.39, 0.29) is 17.2 Å². The Morgan fingerprint density at radius 1 is 1.33 bits per heavy atom. The van der Waals surface area contributed by atoms with E-state index in [1.165, 1.54) is 23.1 Å². The van der Waals surface area contributed by atoms with Gasteiger partial charge in [0.15, 0.2) is 0 Å². The summed E-state index contributed by atoms with van der Waals surface area (Å²) in [5.41, 5.74) is 6.92. The van der Waals surface area contributed by atoms with Gasteiger partial charge in [-0.1, -0.05) is 18.2 Å². The fraction of sp³-hybridized carbons (Fsp3) is 0.125. The molecule has 2 N–H and O–H groups in total. The Kier molecular flexibility index (Phi) is 4.19. The van der Waals surface area contributed by atoms with Gasteiger partial charge in [0.1, 0.15) is 5.82 Å². The lowest BCUT2D eigenvalue weighted by molar-refractivity contribution is 0.0785. The minimum atomic E-state index is -0.610. The number of nitrogens with two attached hydrogens (primary N) is 1. The minimum Gasteiger partial charge on any atom is -0.396 e. The molecule has 0 saturated heterocycles. The molecule has 106 valence electrons. The maximum atomic E-state index is 13.4. The molecule has 0 fully saturated rings. The molecule has 1 amide bonds. The molecule has 0 heterocycles. The van der Waals surface area contributed by atoms with Crippen molar-refractivity contribution in [2.75, 3.05) is 12.8 Å². The molecule has 0 aliphatic rings. The van der Waals surface area contributed by atoms with E-state index in [1.807, 2.05) is 12.1 Å². The SMILES string of the molecule is CN(Cc1cccc(C#N)c1)C(=O)c1cccc(F)c1N. The molecule has 0 unspecified atom stereocenters. The zero-order valence-corrected chi connectivity index (χ0v) is 11.5. The third-order valence-electron chi connectivity index (χ3n) is 3.11. The second kappa shape index (κ2) is 6.06. The fourth-order valence-electron chi connectivity index (χ4n) is 2.01. The van der Waals surface area contributed by atoms with E-state index in [2.05, 4.69) is 0 Å². The number of anilines is 1. The first-order chi connectivity index (χ1) is 10.0. The summed E-state index contributed by atoms with van der Waals surface area (Å²) in [5, 5.41) is 8.86. The Balaban J connectivity index is 2.20. The van der Waals surface area contributed by atoms with Crippen molar-refractivity contribution in [1.29, 1.82) is 5.26 Å². The van der Waals surface area contributed by atoms with Gasteiger partial charge in [-0.25, -0.2) is 4.39 Å². The van der Waals surface area contributed by atoms with Gasteiger partial charge in [0.05, 0.1) is 22.9 Å². The third-order valence-corrected chi connectivity index (χ3v) is 3.11. The lowest BCUT2D eigenvalue weighted by Crippen LogP contribution is -2.27. The maximum absolute atomic E-state index is 13.4. The highest BCUT2D eigenvalue weighted by atomic mass is 19.1. The lowest BCUT2D eigenvalue weighted by Gasteiger charge is -2.18. The van der Waals surface area contributed by atoms with E-state index in [0.717, 1.165) is 5.56 Å². The van der Waals surface area contributed by atoms with Crippen LogP contribution in [0.2, 0.25) is 0 Å². The average molecular weight is 283 g/mol. The van der Waals surface area contributed by atoms with Gasteiger partial charge in [-0.15, -0.1) is 0 Å². The number of nitrogens with zero attached hydrogens (tertiary/aromatic N) is 2. The summed E-state index contributed by atoms with van der Waals surface area (Å²) >= 11 is 0. The molecule has 0 aliphatic carbocycles. The number of carbonyl (C=O) groups is 1. The quantitative estimate of drug-likeness (QED) is 0.880. The highest BCUT2D eigenvalue weighted by molar-refractivity contribution is 5.99. The van der Waals surface area contributed by atoms with E-state index < -0.39 is 5.82 Å². The summed E-state index contributed by atoms with van der Waals surface area (Å²) in [6, 6.07) is 13.2. The summed E-state index contributed by atoms with van der Waals surface area (Å²) < 4.78 is 13.4. The zero-order chi connectivity index (χ0) is 15.4. The lowest BCUT2D eigenvalue weighted by atomic mass is 10.1. The van der Waals surface area contributed by atoms with Crippen LogP contribution in [0.3, 0.4) is 0 Å². The van der Waals surface area contributed by atoms with Crippen LogP contribution in [-0.2, 0) is 6.54 Å². The number of nitriles is 1. The fourth-order valence-corrected chi connectivity index (χ4v) is 2.01. The Morgan fingerprint density at radius 3 is 2.76 bits per heavy atom. The molecule has 0 aliphatic heterocycles. The molecule has 0 bridgehead atoms. The molecule has 0 spiro atoms. The van der Waals surface area contributed by atoms with Crippen LogP contribution in [0.5, 0.6) is 0 Å². The van der Waals surface area contributed by atoms with Crippen LogP contribution in [0.4, 0.5) is 10.1 Å². The van der Waals surface area contributed by atoms with Crippen LogP contribution in [0.1, 0.15) is 21.5 Å². The van der Waals surface area contributed by atoms with Crippen LogP contribution in [0, 0.1) is 17.1 Å². The third kappa shape index (κ3) is 3.18. The van der Waals surface area contributed by atoms with Crippen LogP contribution < -0.4 is 5.73 Å². The Labute approximate surface area is 122 Å². The second-order valence-corrected chi connectivity index (χ2v) is 4.67. The summed E-state index contributed by atoms with van der Waals surface area (Å²) in [5.74, 6) is -0.977. The van der Waals surface area contributed by atoms with Gasteiger partial charge in [0, 0.05) is 13.6 Å². The van der Waals surface area contributed by atoms with E-state index in [0.29, 0.717) is 12.1 Å². The number of amides is 1. The predicted octanol–water partition coefficient (Wildman–Crippen LogP) is 2.55. The number of rotatable bonds is 3. The Morgan fingerprint density at radius 2 is 2.05 bits per heavy atom. The number of hydrogen-bond acceptors (Lipinski definition) is 3. The molecule has 2 rings (SSSR count). The van der Waals surface area contributed by atoms with E-state index in [9.17, 15) is 9.18 Å². The molecule has 4 nitrogen and oxygen atoms in total. The molecule has 0 radical (unpaired) electrons. The van der Waals surface area contributed by atoms with Gasteiger partial charge in [-0.05, 0) is 29.8 Å². The summed E-state index contributed by atoms with van der Waals surface area (Å²) in [4.78, 5) is 13.7. The van der Waals surface area contributed by atoms with Gasteiger partial charge in [0.2, 0.25) is 0 Å². The molecule has 0 saturated carbocycles. The topological polar surface area (TPSA) is 70.1 Å². The van der Waals surface area contributed by atoms with Crippen LogP contribution in [-0.4, -0.2) is 17.9 Å². The van der Waals surface area contributed by atoms with Crippen molar-refractivity contribution in [3.05, 3.63) is 65.0 Å². The second-order valence-electron chi connectivity index (χ2n) is 4.67. The van der Waals surface area contributed by atoms with Crippen molar-refractivity contribution >= 4 is 11.6 Å². The van der Waals surface area contributed by atoms with Crippen molar-refractivity contribution in [1.82, 2.24) is 4.90 Å². The number of para-hydroxylation sites is 1. The highest BCUT2D eigenvalue weighted by Crippen LogP contribution is 2.18. The van der Waals surface area contributed by atoms with Gasteiger partial charge in [0.25, 0.3) is 5.91 Å². The number of halogens is 1. The first-order valence-electron chi connectivity index (χ1n) is 6.31. The average Bonchev–Trinajstić information content (AvgIpc) is 2.49. The first-order valence-corrected chi connectivity index (χ1v) is 6.31.